The summed E-state index contributed by atoms with van der Waals surface area (Å²) in [5.74, 6) is 1.01. The molecule has 90 valence electrons. The van der Waals surface area contributed by atoms with Crippen molar-refractivity contribution in [1.82, 2.24) is 4.90 Å². The zero-order valence-corrected chi connectivity index (χ0v) is 10.2. The lowest BCUT2D eigenvalue weighted by molar-refractivity contribution is 0.160. The van der Waals surface area contributed by atoms with Gasteiger partial charge >= 0.3 is 0 Å². The molecule has 0 aromatic heterocycles. The van der Waals surface area contributed by atoms with Gasteiger partial charge in [0.25, 0.3) is 0 Å². The summed E-state index contributed by atoms with van der Waals surface area (Å²) >= 11 is 0. The molecule has 0 spiro atoms. The van der Waals surface area contributed by atoms with Gasteiger partial charge in [0.15, 0.2) is 0 Å². The fourth-order valence-corrected chi connectivity index (χ4v) is 2.29. The molecular formula is C14H18N2O. The second kappa shape index (κ2) is 5.70. The number of benzene rings is 1. The molecule has 1 aliphatic heterocycles. The Hall–Kier alpha value is -1.53. The molecule has 0 fully saturated rings. The molecule has 0 amide bonds. The van der Waals surface area contributed by atoms with E-state index in [0.29, 0.717) is 6.54 Å². The molecule has 17 heavy (non-hydrogen) atoms. The van der Waals surface area contributed by atoms with E-state index in [4.69, 9.17) is 10.00 Å². The van der Waals surface area contributed by atoms with Crippen molar-refractivity contribution in [2.75, 3.05) is 19.6 Å². The number of nitriles is 1. The van der Waals surface area contributed by atoms with Gasteiger partial charge in [-0.25, -0.2) is 0 Å². The minimum atomic E-state index is 0.201. The highest BCUT2D eigenvalue weighted by atomic mass is 16.5. The van der Waals surface area contributed by atoms with Crippen molar-refractivity contribution >= 4 is 0 Å². The molecule has 1 aliphatic rings. The van der Waals surface area contributed by atoms with Crippen molar-refractivity contribution < 1.29 is 4.74 Å². The van der Waals surface area contributed by atoms with Crippen molar-refractivity contribution in [3.8, 4) is 11.8 Å². The fraction of sp³-hybridized carbons (Fsp3) is 0.500. The minimum absolute atomic E-state index is 0.201. The largest absolute Gasteiger partial charge is 0.488 e. The van der Waals surface area contributed by atoms with Crippen molar-refractivity contribution in [1.29, 1.82) is 5.26 Å². The van der Waals surface area contributed by atoms with Gasteiger partial charge in [-0.3, -0.25) is 4.90 Å². The van der Waals surface area contributed by atoms with Crippen LogP contribution >= 0.6 is 0 Å². The van der Waals surface area contributed by atoms with Gasteiger partial charge in [0.05, 0.1) is 12.6 Å². The van der Waals surface area contributed by atoms with Crippen LogP contribution in [0, 0.1) is 11.3 Å². The number of nitrogens with zero attached hydrogens (tertiary/aromatic N) is 2. The van der Waals surface area contributed by atoms with E-state index in [1.54, 1.807) is 0 Å². The highest BCUT2D eigenvalue weighted by molar-refractivity contribution is 5.37. The van der Waals surface area contributed by atoms with E-state index in [-0.39, 0.29) is 6.10 Å². The standard InChI is InChI=1S/C14H18N2O/c1-2-8-16(9-7-15)11-13-10-12-5-3-4-6-14(12)17-13/h3-6,13H,2,8-11H2,1H3. The Kier molecular flexibility index (Phi) is 4.00. The third-order valence-electron chi connectivity index (χ3n) is 3.01. The second-order valence-corrected chi connectivity index (χ2v) is 4.44. The highest BCUT2D eigenvalue weighted by Gasteiger charge is 2.24. The summed E-state index contributed by atoms with van der Waals surface area (Å²) in [5, 5.41) is 8.78. The van der Waals surface area contributed by atoms with Crippen LogP contribution in [0.5, 0.6) is 5.75 Å². The molecule has 0 saturated heterocycles. The number of hydrogen-bond donors (Lipinski definition) is 0. The van der Waals surface area contributed by atoms with Gasteiger partial charge in [-0.05, 0) is 24.6 Å². The normalized spacial score (nSPS) is 17.6. The van der Waals surface area contributed by atoms with Crippen molar-refractivity contribution in [2.45, 2.75) is 25.9 Å². The first-order valence-corrected chi connectivity index (χ1v) is 6.17. The summed E-state index contributed by atoms with van der Waals surface area (Å²) in [6, 6.07) is 10.4. The number of fused-ring (bicyclic) bond motifs is 1. The molecule has 0 aliphatic carbocycles. The Morgan fingerprint density at radius 1 is 1.47 bits per heavy atom. The molecule has 1 atom stereocenters. The van der Waals surface area contributed by atoms with E-state index in [9.17, 15) is 0 Å². The van der Waals surface area contributed by atoms with Crippen molar-refractivity contribution in [3.05, 3.63) is 29.8 Å². The molecule has 3 nitrogen and oxygen atoms in total. The molecular weight excluding hydrogens is 212 g/mol. The molecule has 1 aromatic carbocycles. The van der Waals surface area contributed by atoms with Crippen LogP contribution in [0.3, 0.4) is 0 Å². The maximum absolute atomic E-state index is 8.78. The first-order chi connectivity index (χ1) is 8.33. The molecule has 0 bridgehead atoms. The zero-order valence-electron chi connectivity index (χ0n) is 10.2. The summed E-state index contributed by atoms with van der Waals surface area (Å²) in [7, 11) is 0. The minimum Gasteiger partial charge on any atom is -0.488 e. The predicted molar refractivity (Wildman–Crippen MR) is 66.9 cm³/mol. The summed E-state index contributed by atoms with van der Waals surface area (Å²) < 4.78 is 5.88. The van der Waals surface area contributed by atoms with Gasteiger partial charge < -0.3 is 4.74 Å². The van der Waals surface area contributed by atoms with Crippen LogP contribution in [0.2, 0.25) is 0 Å². The van der Waals surface area contributed by atoms with Crippen LogP contribution in [0.1, 0.15) is 18.9 Å². The first-order valence-electron chi connectivity index (χ1n) is 6.17. The van der Waals surface area contributed by atoms with Crippen LogP contribution in [-0.2, 0) is 6.42 Å². The lowest BCUT2D eigenvalue weighted by atomic mass is 10.1. The maximum atomic E-state index is 8.78. The summed E-state index contributed by atoms with van der Waals surface area (Å²) in [5.41, 5.74) is 1.28. The quantitative estimate of drug-likeness (QED) is 0.728. The molecule has 0 saturated carbocycles. The van der Waals surface area contributed by atoms with Crippen LogP contribution in [-0.4, -0.2) is 30.6 Å². The van der Waals surface area contributed by atoms with Gasteiger partial charge in [0.1, 0.15) is 11.9 Å². The third kappa shape index (κ3) is 2.98. The van der Waals surface area contributed by atoms with Crippen LogP contribution in [0.25, 0.3) is 0 Å². The van der Waals surface area contributed by atoms with Crippen molar-refractivity contribution in [2.24, 2.45) is 0 Å². The summed E-state index contributed by atoms with van der Waals surface area (Å²) in [6.07, 6.45) is 2.23. The third-order valence-corrected chi connectivity index (χ3v) is 3.01. The lowest BCUT2D eigenvalue weighted by Gasteiger charge is -2.21. The first kappa shape index (κ1) is 11.9. The lowest BCUT2D eigenvalue weighted by Crippen LogP contribution is -2.35. The van der Waals surface area contributed by atoms with E-state index in [1.807, 2.05) is 18.2 Å². The molecule has 3 heteroatoms. The van der Waals surface area contributed by atoms with Crippen molar-refractivity contribution in [3.63, 3.8) is 0 Å². The fourth-order valence-electron chi connectivity index (χ4n) is 2.29. The Morgan fingerprint density at radius 3 is 3.00 bits per heavy atom. The van der Waals surface area contributed by atoms with E-state index in [1.165, 1.54) is 5.56 Å². The van der Waals surface area contributed by atoms with Gasteiger partial charge in [-0.15, -0.1) is 0 Å². The maximum Gasteiger partial charge on any atom is 0.123 e. The van der Waals surface area contributed by atoms with Gasteiger partial charge in [-0.2, -0.15) is 5.26 Å². The summed E-state index contributed by atoms with van der Waals surface area (Å²) in [4.78, 5) is 2.16. The SMILES string of the molecule is CCCN(CC#N)CC1Cc2ccccc2O1. The second-order valence-electron chi connectivity index (χ2n) is 4.44. The highest BCUT2D eigenvalue weighted by Crippen LogP contribution is 2.28. The van der Waals surface area contributed by atoms with E-state index < -0.39 is 0 Å². The number of hydrogen-bond acceptors (Lipinski definition) is 3. The number of rotatable bonds is 5. The average molecular weight is 230 g/mol. The topological polar surface area (TPSA) is 36.3 Å². The van der Waals surface area contributed by atoms with Gasteiger partial charge in [0.2, 0.25) is 0 Å². The van der Waals surface area contributed by atoms with Gasteiger partial charge in [0, 0.05) is 13.0 Å². The van der Waals surface area contributed by atoms with E-state index >= 15 is 0 Å². The monoisotopic (exact) mass is 230 g/mol. The Bertz CT molecular complexity index is 386. The van der Waals surface area contributed by atoms with E-state index in [0.717, 1.165) is 31.7 Å². The zero-order chi connectivity index (χ0) is 12.1. The van der Waals surface area contributed by atoms with Crippen LogP contribution < -0.4 is 4.74 Å². The van der Waals surface area contributed by atoms with Crippen LogP contribution in [0.4, 0.5) is 0 Å². The average Bonchev–Trinajstić information content (AvgIpc) is 2.71. The molecule has 1 aromatic rings. The number of para-hydroxylation sites is 1. The Morgan fingerprint density at radius 2 is 2.29 bits per heavy atom. The Labute approximate surface area is 103 Å². The molecule has 0 radical (unpaired) electrons. The molecule has 0 N–H and O–H groups in total. The van der Waals surface area contributed by atoms with E-state index in [2.05, 4.69) is 24.0 Å². The Balaban J connectivity index is 1.92. The molecule has 2 rings (SSSR count). The summed E-state index contributed by atoms with van der Waals surface area (Å²) in [6.45, 7) is 4.43. The predicted octanol–water partition coefficient (Wildman–Crippen LogP) is 2.23. The smallest absolute Gasteiger partial charge is 0.123 e. The van der Waals surface area contributed by atoms with Gasteiger partial charge in [-0.1, -0.05) is 25.1 Å². The number of ether oxygens (including phenoxy) is 1. The van der Waals surface area contributed by atoms with Crippen LogP contribution in [0.15, 0.2) is 24.3 Å². The molecule has 1 heterocycles. The molecule has 1 unspecified atom stereocenters.